The Morgan fingerprint density at radius 3 is 2.42 bits per heavy atom. The molecule has 1 heterocycles. The lowest BCUT2D eigenvalue weighted by atomic mass is 10.2. The van der Waals surface area contributed by atoms with Crippen molar-refractivity contribution in [1.29, 1.82) is 0 Å². The van der Waals surface area contributed by atoms with Gasteiger partial charge in [0.25, 0.3) is 0 Å². The molecule has 1 amide bonds. The number of halogens is 3. The maximum Gasteiger partial charge on any atom is 0.417 e. The number of amides is 1. The van der Waals surface area contributed by atoms with E-state index in [0.717, 1.165) is 12.1 Å². The smallest absolute Gasteiger partial charge is 0.309 e. The maximum atomic E-state index is 13.0. The quantitative estimate of drug-likeness (QED) is 0.826. The van der Waals surface area contributed by atoms with Crippen molar-refractivity contribution in [2.45, 2.75) is 31.0 Å². The molecule has 0 unspecified atom stereocenters. The monoisotopic (exact) mass is 387 g/mol. The molecule has 10 heteroatoms. The molecule has 6 nitrogen and oxygen atoms in total. The molecule has 0 fully saturated rings. The Balaban J connectivity index is 2.22. The summed E-state index contributed by atoms with van der Waals surface area (Å²) in [7, 11) is -4.57. The largest absolute Gasteiger partial charge is 0.417 e. The highest BCUT2D eigenvalue weighted by Gasteiger charge is 2.37. The van der Waals surface area contributed by atoms with E-state index >= 15 is 0 Å². The van der Waals surface area contributed by atoms with Crippen molar-refractivity contribution in [2.75, 3.05) is 5.32 Å². The van der Waals surface area contributed by atoms with E-state index in [2.05, 4.69) is 10.3 Å². The van der Waals surface area contributed by atoms with Crippen LogP contribution in [0.5, 0.6) is 0 Å². The van der Waals surface area contributed by atoms with Crippen LogP contribution < -0.4 is 10.0 Å². The van der Waals surface area contributed by atoms with Gasteiger partial charge in [0.2, 0.25) is 15.9 Å². The van der Waals surface area contributed by atoms with Gasteiger partial charge in [-0.05, 0) is 37.6 Å². The molecule has 0 bridgehead atoms. The standard InChI is InChI=1S/C16H16F3N3O3S/c1-10-6-5-9-20-14(10)21-15(23)11(2)22-26(24,25)13-8-4-3-7-12(13)16(17,18)19/h3-9,11,22H,1-2H3,(H,20,21,23)/t11-/m0/s1. The minimum atomic E-state index is -4.85. The summed E-state index contributed by atoms with van der Waals surface area (Å²) in [6.07, 6.45) is -3.40. The van der Waals surface area contributed by atoms with Crippen LogP contribution in [0.2, 0.25) is 0 Å². The molecule has 0 aliphatic heterocycles. The van der Waals surface area contributed by atoms with Crippen LogP contribution in [0, 0.1) is 6.92 Å². The minimum absolute atomic E-state index is 0.235. The maximum absolute atomic E-state index is 13.0. The van der Waals surface area contributed by atoms with Gasteiger partial charge in [0.1, 0.15) is 5.82 Å². The van der Waals surface area contributed by atoms with Crippen LogP contribution in [0.4, 0.5) is 19.0 Å². The summed E-state index contributed by atoms with van der Waals surface area (Å²) in [6, 6.07) is 5.79. The van der Waals surface area contributed by atoms with Crippen LogP contribution in [0.1, 0.15) is 18.1 Å². The van der Waals surface area contributed by atoms with Gasteiger partial charge in [-0.25, -0.2) is 13.4 Å². The average Bonchev–Trinajstić information content (AvgIpc) is 2.55. The number of sulfonamides is 1. The number of pyridine rings is 1. The number of carbonyl (C=O) groups is 1. The lowest BCUT2D eigenvalue weighted by Gasteiger charge is -2.17. The fourth-order valence-corrected chi connectivity index (χ4v) is 3.56. The van der Waals surface area contributed by atoms with Crippen molar-refractivity contribution in [2.24, 2.45) is 0 Å². The van der Waals surface area contributed by atoms with E-state index in [-0.39, 0.29) is 5.82 Å². The van der Waals surface area contributed by atoms with Gasteiger partial charge in [-0.15, -0.1) is 0 Å². The number of anilines is 1. The van der Waals surface area contributed by atoms with Crippen molar-refractivity contribution in [1.82, 2.24) is 9.71 Å². The highest BCUT2D eigenvalue weighted by molar-refractivity contribution is 7.89. The third kappa shape index (κ3) is 4.58. The van der Waals surface area contributed by atoms with Crippen LogP contribution in [0.15, 0.2) is 47.5 Å². The molecule has 2 aromatic rings. The molecule has 0 saturated heterocycles. The molecule has 140 valence electrons. The van der Waals surface area contributed by atoms with E-state index in [9.17, 15) is 26.4 Å². The first-order chi connectivity index (χ1) is 12.0. The highest BCUT2D eigenvalue weighted by Crippen LogP contribution is 2.33. The Hall–Kier alpha value is -2.46. The molecule has 2 N–H and O–H groups in total. The fraction of sp³-hybridized carbons (Fsp3) is 0.250. The second-order valence-corrected chi connectivity index (χ2v) is 7.18. The summed E-state index contributed by atoms with van der Waals surface area (Å²) in [5, 5.41) is 2.43. The molecular weight excluding hydrogens is 371 g/mol. The Morgan fingerprint density at radius 1 is 1.15 bits per heavy atom. The van der Waals surface area contributed by atoms with Crippen molar-refractivity contribution in [3.05, 3.63) is 53.7 Å². The lowest BCUT2D eigenvalue weighted by molar-refractivity contribution is -0.139. The Bertz CT molecular complexity index is 914. The van der Waals surface area contributed by atoms with Crippen molar-refractivity contribution in [3.8, 4) is 0 Å². The summed E-state index contributed by atoms with van der Waals surface area (Å²) in [4.78, 5) is 15.2. The van der Waals surface area contributed by atoms with Crippen LogP contribution in [-0.2, 0) is 21.0 Å². The summed E-state index contributed by atoms with van der Waals surface area (Å²) >= 11 is 0. The van der Waals surface area contributed by atoms with Gasteiger partial charge < -0.3 is 5.32 Å². The number of nitrogens with one attached hydrogen (secondary N) is 2. The zero-order chi connectivity index (χ0) is 19.5. The van der Waals surface area contributed by atoms with Crippen LogP contribution >= 0.6 is 0 Å². The Labute approximate surface area is 148 Å². The molecule has 2 rings (SSSR count). The molecular formula is C16H16F3N3O3S. The third-order valence-electron chi connectivity index (χ3n) is 3.46. The van der Waals surface area contributed by atoms with Gasteiger partial charge >= 0.3 is 6.18 Å². The van der Waals surface area contributed by atoms with Gasteiger partial charge in [-0.1, -0.05) is 18.2 Å². The summed E-state index contributed by atoms with van der Waals surface area (Å²) < 4.78 is 65.7. The van der Waals surface area contributed by atoms with E-state index in [1.807, 2.05) is 4.72 Å². The van der Waals surface area contributed by atoms with E-state index in [4.69, 9.17) is 0 Å². The Kier molecular flexibility index (Phi) is 5.67. The molecule has 0 aliphatic carbocycles. The molecule has 0 aliphatic rings. The van der Waals surface area contributed by atoms with Crippen LogP contribution in [-0.4, -0.2) is 25.4 Å². The number of aromatic nitrogens is 1. The van der Waals surface area contributed by atoms with Gasteiger partial charge in [0.05, 0.1) is 16.5 Å². The van der Waals surface area contributed by atoms with E-state index in [1.165, 1.54) is 19.2 Å². The molecule has 0 radical (unpaired) electrons. The number of benzene rings is 1. The molecule has 0 saturated carbocycles. The molecule has 1 aromatic heterocycles. The van der Waals surface area contributed by atoms with Crippen molar-refractivity contribution >= 4 is 21.7 Å². The van der Waals surface area contributed by atoms with Gasteiger partial charge in [-0.3, -0.25) is 4.79 Å². The Morgan fingerprint density at radius 2 is 1.81 bits per heavy atom. The van der Waals surface area contributed by atoms with Gasteiger partial charge in [0, 0.05) is 6.20 Å². The van der Waals surface area contributed by atoms with Gasteiger partial charge in [0.15, 0.2) is 0 Å². The van der Waals surface area contributed by atoms with Crippen molar-refractivity contribution in [3.63, 3.8) is 0 Å². The molecule has 0 spiro atoms. The number of aryl methyl sites for hydroxylation is 1. The normalized spacial score (nSPS) is 13.3. The number of rotatable bonds is 5. The van der Waals surface area contributed by atoms with Crippen LogP contribution in [0.3, 0.4) is 0 Å². The van der Waals surface area contributed by atoms with Gasteiger partial charge in [-0.2, -0.15) is 17.9 Å². The first-order valence-electron chi connectivity index (χ1n) is 7.43. The second kappa shape index (κ2) is 7.42. The number of hydrogen-bond donors (Lipinski definition) is 2. The number of alkyl halides is 3. The lowest BCUT2D eigenvalue weighted by Crippen LogP contribution is -2.42. The second-order valence-electron chi connectivity index (χ2n) is 5.50. The minimum Gasteiger partial charge on any atom is -0.309 e. The molecule has 1 aromatic carbocycles. The third-order valence-corrected chi connectivity index (χ3v) is 5.06. The zero-order valence-electron chi connectivity index (χ0n) is 13.8. The first-order valence-corrected chi connectivity index (χ1v) is 8.92. The predicted molar refractivity (Wildman–Crippen MR) is 88.8 cm³/mol. The summed E-state index contributed by atoms with van der Waals surface area (Å²) in [6.45, 7) is 2.92. The van der Waals surface area contributed by atoms with Crippen LogP contribution in [0.25, 0.3) is 0 Å². The predicted octanol–water partition coefficient (Wildman–Crippen LogP) is 2.71. The first kappa shape index (κ1) is 19.9. The highest BCUT2D eigenvalue weighted by atomic mass is 32.2. The van der Waals surface area contributed by atoms with Crippen molar-refractivity contribution < 1.29 is 26.4 Å². The molecule has 26 heavy (non-hydrogen) atoms. The SMILES string of the molecule is Cc1cccnc1NC(=O)[C@H](C)NS(=O)(=O)c1ccccc1C(F)(F)F. The number of carbonyl (C=O) groups excluding carboxylic acids is 1. The zero-order valence-corrected chi connectivity index (χ0v) is 14.6. The fourth-order valence-electron chi connectivity index (χ4n) is 2.13. The van der Waals surface area contributed by atoms with E-state index < -0.39 is 38.6 Å². The van der Waals surface area contributed by atoms with E-state index in [1.54, 1.807) is 19.1 Å². The average molecular weight is 387 g/mol. The number of hydrogen-bond acceptors (Lipinski definition) is 4. The summed E-state index contributed by atoms with van der Waals surface area (Å²) in [5.74, 6) is -0.515. The topological polar surface area (TPSA) is 88.2 Å². The number of nitrogens with zero attached hydrogens (tertiary/aromatic N) is 1. The summed E-state index contributed by atoms with van der Waals surface area (Å²) in [5.41, 5.74) is -0.654. The van der Waals surface area contributed by atoms with E-state index in [0.29, 0.717) is 11.6 Å². The molecule has 1 atom stereocenters.